The third-order valence-corrected chi connectivity index (χ3v) is 3.36. The van der Waals surface area contributed by atoms with Crippen LogP contribution in [0.3, 0.4) is 0 Å². The third-order valence-electron chi connectivity index (χ3n) is 3.36. The summed E-state index contributed by atoms with van der Waals surface area (Å²) in [6.07, 6.45) is 1.22. The minimum absolute atomic E-state index is 0.155. The average molecular weight is 293 g/mol. The van der Waals surface area contributed by atoms with Gasteiger partial charge in [-0.05, 0) is 44.0 Å². The van der Waals surface area contributed by atoms with E-state index in [1.54, 1.807) is 24.3 Å². The maximum absolute atomic E-state index is 12.0. The molecule has 1 aromatic rings. The number of carbonyl (C=O) groups is 2. The molecule has 6 nitrogen and oxygen atoms in total. The van der Waals surface area contributed by atoms with Crippen LogP contribution < -0.4 is 9.47 Å². The van der Waals surface area contributed by atoms with Crippen molar-refractivity contribution in [3.05, 3.63) is 24.3 Å². The zero-order valence-corrected chi connectivity index (χ0v) is 11.9. The number of aliphatic carboxylic acids is 1. The average Bonchev–Trinajstić information content (AvgIpc) is 2.96. The first-order valence-corrected chi connectivity index (χ1v) is 6.99. The Bertz CT molecular complexity index is 499. The minimum Gasteiger partial charge on any atom is -0.494 e. The Labute approximate surface area is 123 Å². The lowest BCUT2D eigenvalue weighted by molar-refractivity contribution is -0.148. The molecule has 0 unspecified atom stereocenters. The summed E-state index contributed by atoms with van der Waals surface area (Å²) in [6, 6.07) is 6.24. The van der Waals surface area contributed by atoms with Gasteiger partial charge in [0.15, 0.2) is 6.61 Å². The Hall–Kier alpha value is -2.24. The fourth-order valence-electron chi connectivity index (χ4n) is 2.35. The zero-order chi connectivity index (χ0) is 15.2. The first kappa shape index (κ1) is 15.2. The van der Waals surface area contributed by atoms with Gasteiger partial charge in [-0.2, -0.15) is 0 Å². The fourth-order valence-corrected chi connectivity index (χ4v) is 2.35. The summed E-state index contributed by atoms with van der Waals surface area (Å²) in [5.41, 5.74) is 0. The second kappa shape index (κ2) is 6.97. The fraction of sp³-hybridized carbons (Fsp3) is 0.467. The number of carboxylic acid groups (broad SMARTS) is 1. The van der Waals surface area contributed by atoms with Crippen molar-refractivity contribution in [1.82, 2.24) is 4.90 Å². The third kappa shape index (κ3) is 3.87. The molecule has 0 saturated carbocycles. The van der Waals surface area contributed by atoms with E-state index in [4.69, 9.17) is 14.6 Å². The van der Waals surface area contributed by atoms with Crippen molar-refractivity contribution in [1.29, 1.82) is 0 Å². The lowest BCUT2D eigenvalue weighted by Gasteiger charge is -2.21. The second-order valence-corrected chi connectivity index (χ2v) is 4.78. The number of carboxylic acids is 1. The van der Waals surface area contributed by atoms with Crippen LogP contribution in [-0.2, 0) is 9.59 Å². The first-order valence-electron chi connectivity index (χ1n) is 6.99. The van der Waals surface area contributed by atoms with Gasteiger partial charge in [0.25, 0.3) is 5.91 Å². The van der Waals surface area contributed by atoms with Crippen LogP contribution in [0, 0.1) is 0 Å². The summed E-state index contributed by atoms with van der Waals surface area (Å²) in [4.78, 5) is 24.4. The van der Waals surface area contributed by atoms with Crippen molar-refractivity contribution in [2.24, 2.45) is 0 Å². The molecule has 1 aliphatic rings. The van der Waals surface area contributed by atoms with Crippen molar-refractivity contribution in [3.8, 4) is 11.5 Å². The molecule has 1 aromatic carbocycles. The smallest absolute Gasteiger partial charge is 0.326 e. The van der Waals surface area contributed by atoms with Gasteiger partial charge < -0.3 is 19.5 Å². The van der Waals surface area contributed by atoms with Gasteiger partial charge in [-0.15, -0.1) is 0 Å². The van der Waals surface area contributed by atoms with Gasteiger partial charge in [0, 0.05) is 6.54 Å². The molecule has 114 valence electrons. The second-order valence-electron chi connectivity index (χ2n) is 4.78. The van der Waals surface area contributed by atoms with Crippen LogP contribution >= 0.6 is 0 Å². The van der Waals surface area contributed by atoms with E-state index in [0.29, 0.717) is 31.7 Å². The SMILES string of the molecule is CCOc1ccc(OCC(=O)N2CCC[C@@H]2C(=O)O)cc1. The molecule has 0 spiro atoms. The minimum atomic E-state index is -0.957. The Morgan fingerprint density at radius 1 is 1.24 bits per heavy atom. The van der Waals surface area contributed by atoms with E-state index < -0.39 is 12.0 Å². The molecule has 0 bridgehead atoms. The number of hydrogen-bond donors (Lipinski definition) is 1. The highest BCUT2D eigenvalue weighted by atomic mass is 16.5. The van der Waals surface area contributed by atoms with Gasteiger partial charge in [-0.25, -0.2) is 4.79 Å². The highest BCUT2D eigenvalue weighted by Crippen LogP contribution is 2.20. The molecule has 1 amide bonds. The topological polar surface area (TPSA) is 76.1 Å². The van der Waals surface area contributed by atoms with Gasteiger partial charge in [0.1, 0.15) is 17.5 Å². The van der Waals surface area contributed by atoms with Crippen LogP contribution in [0.15, 0.2) is 24.3 Å². The number of carbonyl (C=O) groups excluding carboxylic acids is 1. The number of benzene rings is 1. The molecule has 21 heavy (non-hydrogen) atoms. The maximum atomic E-state index is 12.0. The molecule has 0 aromatic heterocycles. The molecule has 0 radical (unpaired) electrons. The number of amides is 1. The highest BCUT2D eigenvalue weighted by Gasteiger charge is 2.33. The zero-order valence-electron chi connectivity index (χ0n) is 11.9. The summed E-state index contributed by atoms with van der Waals surface area (Å²) in [7, 11) is 0. The van der Waals surface area contributed by atoms with Crippen molar-refractivity contribution in [3.63, 3.8) is 0 Å². The molecule has 1 atom stereocenters. The molecule has 0 aliphatic carbocycles. The number of nitrogens with zero attached hydrogens (tertiary/aromatic N) is 1. The van der Waals surface area contributed by atoms with Crippen LogP contribution in [0.4, 0.5) is 0 Å². The summed E-state index contributed by atoms with van der Waals surface area (Å²) < 4.78 is 10.7. The summed E-state index contributed by atoms with van der Waals surface area (Å²) in [5, 5.41) is 9.05. The molecular formula is C15H19NO5. The van der Waals surface area contributed by atoms with E-state index in [0.717, 1.165) is 5.75 Å². The van der Waals surface area contributed by atoms with E-state index in [2.05, 4.69) is 0 Å². The van der Waals surface area contributed by atoms with E-state index in [-0.39, 0.29) is 12.5 Å². The maximum Gasteiger partial charge on any atom is 0.326 e. The van der Waals surface area contributed by atoms with Gasteiger partial charge in [-0.1, -0.05) is 0 Å². The Balaban J connectivity index is 1.87. The van der Waals surface area contributed by atoms with Crippen molar-refractivity contribution in [2.75, 3.05) is 19.8 Å². The van der Waals surface area contributed by atoms with Crippen molar-refractivity contribution < 1.29 is 24.2 Å². The molecule has 1 aliphatic heterocycles. The van der Waals surface area contributed by atoms with E-state index in [1.165, 1.54) is 4.90 Å². The summed E-state index contributed by atoms with van der Waals surface area (Å²) in [6.45, 7) is 2.81. The van der Waals surface area contributed by atoms with Crippen LogP contribution in [0.1, 0.15) is 19.8 Å². The van der Waals surface area contributed by atoms with Gasteiger partial charge in [0.2, 0.25) is 0 Å². The van der Waals surface area contributed by atoms with Crippen molar-refractivity contribution in [2.45, 2.75) is 25.8 Å². The molecular weight excluding hydrogens is 274 g/mol. The van der Waals surface area contributed by atoms with Gasteiger partial charge >= 0.3 is 5.97 Å². The Kier molecular flexibility index (Phi) is 5.03. The van der Waals surface area contributed by atoms with Crippen LogP contribution in [0.25, 0.3) is 0 Å². The largest absolute Gasteiger partial charge is 0.494 e. The Morgan fingerprint density at radius 2 is 1.86 bits per heavy atom. The quantitative estimate of drug-likeness (QED) is 0.861. The first-order chi connectivity index (χ1) is 10.1. The Morgan fingerprint density at radius 3 is 2.43 bits per heavy atom. The van der Waals surface area contributed by atoms with Gasteiger partial charge in [0.05, 0.1) is 6.61 Å². The summed E-state index contributed by atoms with van der Waals surface area (Å²) in [5.74, 6) is 0.0373. The normalized spacial score (nSPS) is 17.6. The van der Waals surface area contributed by atoms with Crippen molar-refractivity contribution >= 4 is 11.9 Å². The van der Waals surface area contributed by atoms with Gasteiger partial charge in [-0.3, -0.25) is 4.79 Å². The van der Waals surface area contributed by atoms with E-state index in [9.17, 15) is 9.59 Å². The molecule has 6 heteroatoms. The van der Waals surface area contributed by atoms with E-state index >= 15 is 0 Å². The van der Waals surface area contributed by atoms with Crippen LogP contribution in [0.2, 0.25) is 0 Å². The molecule has 1 N–H and O–H groups in total. The number of ether oxygens (including phenoxy) is 2. The predicted molar refractivity (Wildman–Crippen MR) is 75.5 cm³/mol. The molecule has 1 saturated heterocycles. The lowest BCUT2D eigenvalue weighted by atomic mass is 10.2. The van der Waals surface area contributed by atoms with E-state index in [1.807, 2.05) is 6.92 Å². The number of rotatable bonds is 6. The number of hydrogen-bond acceptors (Lipinski definition) is 4. The molecule has 1 heterocycles. The highest BCUT2D eigenvalue weighted by molar-refractivity contribution is 5.85. The predicted octanol–water partition coefficient (Wildman–Crippen LogP) is 1.54. The monoisotopic (exact) mass is 293 g/mol. The lowest BCUT2D eigenvalue weighted by Crippen LogP contribution is -2.42. The summed E-state index contributed by atoms with van der Waals surface area (Å²) >= 11 is 0. The van der Waals surface area contributed by atoms with Crippen LogP contribution in [-0.4, -0.2) is 47.7 Å². The van der Waals surface area contributed by atoms with Crippen LogP contribution in [0.5, 0.6) is 11.5 Å². The number of likely N-dealkylation sites (tertiary alicyclic amines) is 1. The molecule has 1 fully saturated rings. The molecule has 2 rings (SSSR count). The standard InChI is InChI=1S/C15H19NO5/c1-2-20-11-5-7-12(8-6-11)21-10-14(17)16-9-3-4-13(16)15(18)19/h5-8,13H,2-4,9-10H2,1H3,(H,18,19)/t13-/m1/s1.